The average molecular weight is 217 g/mol. The van der Waals surface area contributed by atoms with Gasteiger partial charge in [0.2, 0.25) is 5.28 Å². The van der Waals surface area contributed by atoms with Gasteiger partial charge in [-0.3, -0.25) is 0 Å². The summed E-state index contributed by atoms with van der Waals surface area (Å²) in [6.45, 7) is 0. The largest absolute Gasteiger partial charge is 0.492 e. The molecule has 0 amide bonds. The van der Waals surface area contributed by atoms with E-state index in [-0.39, 0.29) is 11.4 Å². The zero-order valence-electron chi connectivity index (χ0n) is 6.58. The second-order valence-corrected chi connectivity index (χ2v) is 3.34. The second-order valence-electron chi connectivity index (χ2n) is 2.62. The third-order valence-corrected chi connectivity index (χ3v) is 2.07. The Balaban J connectivity index is 2.29. The van der Waals surface area contributed by atoms with Crippen molar-refractivity contribution in [3.8, 4) is 0 Å². The molecule has 3 nitrogen and oxygen atoms in total. The monoisotopic (exact) mass is 216 g/mol. The highest BCUT2D eigenvalue weighted by Gasteiger charge is 2.17. The van der Waals surface area contributed by atoms with Crippen LogP contribution in [0.1, 0.15) is 18.2 Å². The Hall–Kier alpha value is -0.800. The smallest absolute Gasteiger partial charge is 0.224 e. The standard InChI is InChI=1S/C8H6Cl2N2O/c9-7-4-5(11-8(10)12-7)6-2-1-3-13-6/h1,3-4,6H,2H2. The molecule has 1 aromatic rings. The number of hydrogen-bond acceptors (Lipinski definition) is 3. The molecule has 1 unspecified atom stereocenters. The van der Waals surface area contributed by atoms with Crippen molar-refractivity contribution in [3.63, 3.8) is 0 Å². The molecule has 0 aliphatic carbocycles. The van der Waals surface area contributed by atoms with E-state index in [2.05, 4.69) is 9.97 Å². The number of halogens is 2. The van der Waals surface area contributed by atoms with E-state index in [1.165, 1.54) is 0 Å². The van der Waals surface area contributed by atoms with E-state index in [1.54, 1.807) is 12.3 Å². The Kier molecular flexibility index (Phi) is 2.38. The van der Waals surface area contributed by atoms with E-state index in [0.29, 0.717) is 5.15 Å². The number of rotatable bonds is 1. The van der Waals surface area contributed by atoms with Gasteiger partial charge in [0.1, 0.15) is 11.3 Å². The molecule has 0 radical (unpaired) electrons. The summed E-state index contributed by atoms with van der Waals surface area (Å²) in [6.07, 6.45) is 4.30. The van der Waals surface area contributed by atoms with Crippen LogP contribution in [-0.4, -0.2) is 9.97 Å². The van der Waals surface area contributed by atoms with Crippen LogP contribution in [0.2, 0.25) is 10.4 Å². The van der Waals surface area contributed by atoms with Crippen LogP contribution in [0.4, 0.5) is 0 Å². The first kappa shape index (κ1) is 8.78. The normalized spacial score (nSPS) is 20.3. The summed E-state index contributed by atoms with van der Waals surface area (Å²) >= 11 is 11.4. The molecule has 0 N–H and O–H groups in total. The van der Waals surface area contributed by atoms with Crippen LogP contribution in [0.15, 0.2) is 18.4 Å². The van der Waals surface area contributed by atoms with E-state index in [0.717, 1.165) is 12.1 Å². The van der Waals surface area contributed by atoms with Crippen molar-refractivity contribution in [3.05, 3.63) is 34.5 Å². The van der Waals surface area contributed by atoms with E-state index in [1.807, 2.05) is 6.08 Å². The van der Waals surface area contributed by atoms with Crippen LogP contribution in [0.5, 0.6) is 0 Å². The summed E-state index contributed by atoms with van der Waals surface area (Å²) in [7, 11) is 0. The highest BCUT2D eigenvalue weighted by Crippen LogP contribution is 2.26. The van der Waals surface area contributed by atoms with Crippen molar-refractivity contribution in [2.75, 3.05) is 0 Å². The van der Waals surface area contributed by atoms with Gasteiger partial charge >= 0.3 is 0 Å². The molecule has 5 heteroatoms. The fraction of sp³-hybridized carbons (Fsp3) is 0.250. The number of hydrogen-bond donors (Lipinski definition) is 0. The summed E-state index contributed by atoms with van der Waals surface area (Å²) < 4.78 is 5.26. The van der Waals surface area contributed by atoms with E-state index < -0.39 is 0 Å². The molecule has 1 aromatic heterocycles. The van der Waals surface area contributed by atoms with Gasteiger partial charge in [-0.05, 0) is 17.7 Å². The topological polar surface area (TPSA) is 35.0 Å². The van der Waals surface area contributed by atoms with Crippen LogP contribution >= 0.6 is 23.2 Å². The van der Waals surface area contributed by atoms with Gasteiger partial charge in [-0.2, -0.15) is 0 Å². The van der Waals surface area contributed by atoms with Gasteiger partial charge in [-0.25, -0.2) is 9.97 Å². The van der Waals surface area contributed by atoms with Crippen molar-refractivity contribution in [2.45, 2.75) is 12.5 Å². The van der Waals surface area contributed by atoms with Crippen molar-refractivity contribution in [1.82, 2.24) is 9.97 Å². The predicted molar refractivity (Wildman–Crippen MR) is 49.6 cm³/mol. The zero-order chi connectivity index (χ0) is 9.26. The molecule has 68 valence electrons. The molecule has 0 saturated heterocycles. The fourth-order valence-corrected chi connectivity index (χ4v) is 1.57. The van der Waals surface area contributed by atoms with Crippen LogP contribution in [0, 0.1) is 0 Å². The molecular formula is C8H6Cl2N2O. The minimum Gasteiger partial charge on any atom is -0.492 e. The van der Waals surface area contributed by atoms with Crippen molar-refractivity contribution >= 4 is 23.2 Å². The van der Waals surface area contributed by atoms with Crippen LogP contribution in [0.25, 0.3) is 0 Å². The molecule has 2 rings (SSSR count). The third-order valence-electron chi connectivity index (χ3n) is 1.71. The lowest BCUT2D eigenvalue weighted by atomic mass is 10.2. The SMILES string of the molecule is Clc1cc(C2CC=CO2)nc(Cl)n1. The number of nitrogens with zero attached hydrogens (tertiary/aromatic N) is 2. The first-order chi connectivity index (χ1) is 6.25. The van der Waals surface area contributed by atoms with Crippen LogP contribution in [-0.2, 0) is 4.74 Å². The highest BCUT2D eigenvalue weighted by molar-refractivity contribution is 6.31. The maximum absolute atomic E-state index is 5.72. The molecule has 0 saturated carbocycles. The van der Waals surface area contributed by atoms with Gasteiger partial charge in [0.05, 0.1) is 12.0 Å². The second kappa shape index (κ2) is 3.52. The van der Waals surface area contributed by atoms with Gasteiger partial charge in [-0.1, -0.05) is 11.6 Å². The van der Waals surface area contributed by atoms with Gasteiger partial charge in [0.25, 0.3) is 0 Å². The van der Waals surface area contributed by atoms with Gasteiger partial charge in [0, 0.05) is 12.5 Å². The maximum Gasteiger partial charge on any atom is 0.224 e. The summed E-state index contributed by atoms with van der Waals surface area (Å²) in [6, 6.07) is 1.66. The quantitative estimate of drug-likeness (QED) is 0.535. The lowest BCUT2D eigenvalue weighted by Gasteiger charge is -2.09. The number of ether oxygens (including phenoxy) is 1. The van der Waals surface area contributed by atoms with Gasteiger partial charge in [-0.15, -0.1) is 0 Å². The molecule has 1 aliphatic rings. The highest BCUT2D eigenvalue weighted by atomic mass is 35.5. The minimum atomic E-state index is -0.0713. The number of aromatic nitrogens is 2. The van der Waals surface area contributed by atoms with Crippen molar-refractivity contribution in [2.24, 2.45) is 0 Å². The Labute approximate surface area is 85.4 Å². The maximum atomic E-state index is 5.72. The average Bonchev–Trinajstić information content (AvgIpc) is 2.53. The summed E-state index contributed by atoms with van der Waals surface area (Å²) in [5.74, 6) is 0. The minimum absolute atomic E-state index is 0.0713. The lowest BCUT2D eigenvalue weighted by Crippen LogP contribution is -2.00. The summed E-state index contributed by atoms with van der Waals surface area (Å²) in [5.41, 5.74) is 0.718. The van der Waals surface area contributed by atoms with Crippen LogP contribution in [0.3, 0.4) is 0 Å². The predicted octanol–water partition coefficient (Wildman–Crippen LogP) is 2.76. The molecule has 2 heterocycles. The molecule has 0 bridgehead atoms. The molecule has 0 spiro atoms. The molecule has 0 aromatic carbocycles. The van der Waals surface area contributed by atoms with E-state index in [9.17, 15) is 0 Å². The van der Waals surface area contributed by atoms with E-state index in [4.69, 9.17) is 27.9 Å². The Morgan fingerprint density at radius 3 is 2.85 bits per heavy atom. The van der Waals surface area contributed by atoms with Crippen molar-refractivity contribution in [1.29, 1.82) is 0 Å². The first-order valence-corrected chi connectivity index (χ1v) is 4.52. The Bertz CT molecular complexity index is 326. The van der Waals surface area contributed by atoms with Crippen molar-refractivity contribution < 1.29 is 4.74 Å². The zero-order valence-corrected chi connectivity index (χ0v) is 8.09. The van der Waals surface area contributed by atoms with Gasteiger partial charge in [0.15, 0.2) is 0 Å². The fourth-order valence-electron chi connectivity index (χ4n) is 1.15. The summed E-state index contributed by atoms with van der Waals surface area (Å²) in [5, 5.41) is 0.489. The van der Waals surface area contributed by atoms with E-state index >= 15 is 0 Å². The molecule has 1 atom stereocenters. The Morgan fingerprint density at radius 2 is 2.23 bits per heavy atom. The lowest BCUT2D eigenvalue weighted by molar-refractivity contribution is 0.169. The van der Waals surface area contributed by atoms with Crippen LogP contribution < -0.4 is 0 Å². The first-order valence-electron chi connectivity index (χ1n) is 3.76. The van der Waals surface area contributed by atoms with Gasteiger partial charge < -0.3 is 4.74 Å². The summed E-state index contributed by atoms with van der Waals surface area (Å²) in [4.78, 5) is 7.77. The molecular weight excluding hydrogens is 211 g/mol. The molecule has 1 aliphatic heterocycles. The Morgan fingerprint density at radius 1 is 1.38 bits per heavy atom. The molecule has 0 fully saturated rings. The third kappa shape index (κ3) is 1.92. The molecule has 13 heavy (non-hydrogen) atoms.